The number of nitrogens with zero attached hydrogens (tertiary/aromatic N) is 5. The molecule has 0 atom stereocenters. The van der Waals surface area contributed by atoms with Gasteiger partial charge >= 0.3 is 0 Å². The van der Waals surface area contributed by atoms with Crippen molar-refractivity contribution in [1.29, 1.82) is 0 Å². The largest absolute Gasteiger partial charge is 0.481 e. The van der Waals surface area contributed by atoms with E-state index in [1.165, 1.54) is 0 Å². The maximum Gasteiger partial charge on any atom is 0.268 e. The maximum atomic E-state index is 5.80. The lowest BCUT2D eigenvalue weighted by atomic mass is 10.2. The lowest BCUT2D eigenvalue weighted by Crippen LogP contribution is -1.96. The van der Waals surface area contributed by atoms with Crippen LogP contribution in [0.4, 0.5) is 0 Å². The monoisotopic (exact) mass is 345 g/mol. The van der Waals surface area contributed by atoms with Gasteiger partial charge < -0.3 is 9.15 Å². The van der Waals surface area contributed by atoms with Gasteiger partial charge in [-0.2, -0.15) is 0 Å². The Labute approximate surface area is 149 Å². The van der Waals surface area contributed by atoms with Gasteiger partial charge in [0.1, 0.15) is 5.69 Å². The minimum atomic E-state index is 0.331. The first-order chi connectivity index (χ1) is 12.7. The van der Waals surface area contributed by atoms with Gasteiger partial charge in [0.05, 0.1) is 24.7 Å². The van der Waals surface area contributed by atoms with Gasteiger partial charge in [-0.15, -0.1) is 10.2 Å². The minimum Gasteiger partial charge on any atom is -0.481 e. The number of aromatic nitrogens is 5. The van der Waals surface area contributed by atoms with Gasteiger partial charge in [-0.3, -0.25) is 4.98 Å². The number of pyridine rings is 1. The van der Waals surface area contributed by atoms with Crippen LogP contribution in [-0.4, -0.2) is 32.3 Å². The molecule has 3 aromatic heterocycles. The first-order valence-corrected chi connectivity index (χ1v) is 7.98. The highest BCUT2D eigenvalue weighted by Gasteiger charge is 2.16. The summed E-state index contributed by atoms with van der Waals surface area (Å²) in [5.41, 5.74) is 3.60. The third-order valence-corrected chi connectivity index (χ3v) is 3.85. The van der Waals surface area contributed by atoms with Gasteiger partial charge in [-0.25, -0.2) is 9.97 Å². The molecule has 0 aliphatic carbocycles. The van der Waals surface area contributed by atoms with Crippen LogP contribution < -0.4 is 4.74 Å². The van der Waals surface area contributed by atoms with Crippen molar-refractivity contribution in [2.24, 2.45) is 0 Å². The fourth-order valence-electron chi connectivity index (χ4n) is 2.46. The minimum absolute atomic E-state index is 0.331. The summed E-state index contributed by atoms with van der Waals surface area (Å²) in [6.45, 7) is 1.85. The molecule has 128 valence electrons. The lowest BCUT2D eigenvalue weighted by molar-refractivity contribution is 0.398. The van der Waals surface area contributed by atoms with Crippen LogP contribution in [0, 0.1) is 6.92 Å². The molecule has 0 spiro atoms. The second kappa shape index (κ2) is 6.72. The van der Waals surface area contributed by atoms with Crippen LogP contribution in [0.1, 0.15) is 5.69 Å². The summed E-state index contributed by atoms with van der Waals surface area (Å²) in [5, 5.41) is 8.25. The number of rotatable bonds is 4. The molecule has 0 saturated carbocycles. The summed E-state index contributed by atoms with van der Waals surface area (Å²) in [6.07, 6.45) is 3.38. The molecule has 4 aromatic rings. The number of benzene rings is 1. The van der Waals surface area contributed by atoms with Gasteiger partial charge in [-0.1, -0.05) is 18.2 Å². The summed E-state index contributed by atoms with van der Waals surface area (Å²) in [6, 6.07) is 13.2. The molecule has 0 N–H and O–H groups in total. The molecule has 7 heteroatoms. The van der Waals surface area contributed by atoms with Crippen molar-refractivity contribution in [3.8, 4) is 40.2 Å². The summed E-state index contributed by atoms with van der Waals surface area (Å²) in [7, 11) is 1.58. The Morgan fingerprint density at radius 1 is 0.846 bits per heavy atom. The van der Waals surface area contributed by atoms with Crippen molar-refractivity contribution in [3.63, 3.8) is 0 Å². The molecule has 0 amide bonds. The normalized spacial score (nSPS) is 10.7. The van der Waals surface area contributed by atoms with Gasteiger partial charge in [-0.05, 0) is 25.1 Å². The van der Waals surface area contributed by atoms with Crippen molar-refractivity contribution in [2.45, 2.75) is 6.92 Å². The van der Waals surface area contributed by atoms with E-state index in [1.54, 1.807) is 25.6 Å². The van der Waals surface area contributed by atoms with E-state index in [0.717, 1.165) is 11.1 Å². The van der Waals surface area contributed by atoms with Crippen LogP contribution in [-0.2, 0) is 0 Å². The van der Waals surface area contributed by atoms with E-state index < -0.39 is 0 Å². The Bertz CT molecular complexity index is 1030. The Kier molecular flexibility index (Phi) is 4.10. The van der Waals surface area contributed by atoms with E-state index in [1.807, 2.05) is 43.3 Å². The first-order valence-electron chi connectivity index (χ1n) is 7.98. The summed E-state index contributed by atoms with van der Waals surface area (Å²) in [5.74, 6) is 1.31. The van der Waals surface area contributed by atoms with Crippen molar-refractivity contribution >= 4 is 0 Å². The summed E-state index contributed by atoms with van der Waals surface area (Å²) >= 11 is 0. The highest BCUT2D eigenvalue weighted by atomic mass is 16.5. The number of hydrogen-bond donors (Lipinski definition) is 0. The van der Waals surface area contributed by atoms with Crippen LogP contribution in [0.15, 0.2) is 59.3 Å². The highest BCUT2D eigenvalue weighted by Crippen LogP contribution is 2.26. The van der Waals surface area contributed by atoms with Gasteiger partial charge in [0.2, 0.25) is 11.8 Å². The Morgan fingerprint density at radius 3 is 2.38 bits per heavy atom. The average molecular weight is 345 g/mol. The van der Waals surface area contributed by atoms with E-state index in [9.17, 15) is 0 Å². The zero-order valence-electron chi connectivity index (χ0n) is 14.2. The molecule has 4 rings (SSSR count). The predicted octanol–water partition coefficient (Wildman–Crippen LogP) is 3.57. The molecule has 0 radical (unpaired) electrons. The number of ether oxygens (including phenoxy) is 1. The predicted molar refractivity (Wildman–Crippen MR) is 95.3 cm³/mol. The molecule has 0 unspecified atom stereocenters. The third-order valence-electron chi connectivity index (χ3n) is 3.85. The van der Waals surface area contributed by atoms with Crippen LogP contribution in [0.2, 0.25) is 0 Å². The second-order valence-electron chi connectivity index (χ2n) is 5.56. The lowest BCUT2D eigenvalue weighted by Gasteiger charge is -2.05. The molecule has 3 heterocycles. The molecule has 0 fully saturated rings. The van der Waals surface area contributed by atoms with Crippen LogP contribution >= 0.6 is 0 Å². The van der Waals surface area contributed by atoms with Crippen molar-refractivity contribution < 1.29 is 9.15 Å². The topological polar surface area (TPSA) is 86.8 Å². The van der Waals surface area contributed by atoms with Gasteiger partial charge in [0.15, 0.2) is 0 Å². The fourth-order valence-corrected chi connectivity index (χ4v) is 2.46. The Morgan fingerprint density at radius 2 is 1.65 bits per heavy atom. The molecule has 0 aliphatic rings. The SMILES string of the molecule is COc1ccc(-c2cnc(C)c(-c3nnc(-c4ccccc4)o3)n2)cn1. The number of aryl methyl sites for hydroxylation is 1. The number of hydrogen-bond acceptors (Lipinski definition) is 7. The highest BCUT2D eigenvalue weighted by molar-refractivity contribution is 5.63. The Hall–Kier alpha value is -3.61. The first kappa shape index (κ1) is 15.9. The van der Waals surface area contributed by atoms with E-state index in [-0.39, 0.29) is 0 Å². The zero-order chi connectivity index (χ0) is 17.9. The number of methoxy groups -OCH3 is 1. The van der Waals surface area contributed by atoms with Crippen LogP contribution in [0.25, 0.3) is 34.3 Å². The maximum absolute atomic E-state index is 5.80. The molecule has 0 bridgehead atoms. The van der Waals surface area contributed by atoms with E-state index >= 15 is 0 Å². The molecule has 26 heavy (non-hydrogen) atoms. The van der Waals surface area contributed by atoms with Crippen molar-refractivity contribution in [2.75, 3.05) is 7.11 Å². The Balaban J connectivity index is 1.71. The molecule has 7 nitrogen and oxygen atoms in total. The van der Waals surface area contributed by atoms with Crippen LogP contribution in [0.3, 0.4) is 0 Å². The molecule has 1 aromatic carbocycles. The van der Waals surface area contributed by atoms with E-state index in [4.69, 9.17) is 9.15 Å². The van der Waals surface area contributed by atoms with Crippen molar-refractivity contribution in [3.05, 3.63) is 60.6 Å². The van der Waals surface area contributed by atoms with Gasteiger partial charge in [0.25, 0.3) is 5.89 Å². The van der Waals surface area contributed by atoms with Crippen molar-refractivity contribution in [1.82, 2.24) is 25.1 Å². The molecular formula is C19H15N5O2. The summed E-state index contributed by atoms with van der Waals surface area (Å²) in [4.78, 5) is 13.2. The molecule has 0 aliphatic heterocycles. The molecular weight excluding hydrogens is 330 g/mol. The smallest absolute Gasteiger partial charge is 0.268 e. The van der Waals surface area contributed by atoms with Gasteiger partial charge in [0, 0.05) is 23.4 Å². The molecule has 0 saturated heterocycles. The van der Waals surface area contributed by atoms with E-state index in [2.05, 4.69) is 25.1 Å². The quantitative estimate of drug-likeness (QED) is 0.559. The summed E-state index contributed by atoms with van der Waals surface area (Å²) < 4.78 is 10.9. The van der Waals surface area contributed by atoms with E-state index in [0.29, 0.717) is 34.7 Å². The van der Waals surface area contributed by atoms with Crippen LogP contribution in [0.5, 0.6) is 5.88 Å². The standard InChI is InChI=1S/C19H15N5O2/c1-12-17(19-24-23-18(26-19)13-6-4-3-5-7-13)22-15(11-20-12)14-8-9-16(25-2)21-10-14/h3-11H,1-2H3. The third kappa shape index (κ3) is 3.02. The second-order valence-corrected chi connectivity index (χ2v) is 5.56. The fraction of sp³-hybridized carbons (Fsp3) is 0.105. The average Bonchev–Trinajstić information content (AvgIpc) is 3.19. The zero-order valence-corrected chi connectivity index (χ0v) is 14.2.